The van der Waals surface area contributed by atoms with Crippen molar-refractivity contribution in [3.63, 3.8) is 0 Å². The number of hydrogen-bond acceptors (Lipinski definition) is 13. The molecule has 3 unspecified atom stereocenters. The summed E-state index contributed by atoms with van der Waals surface area (Å²) in [4.78, 5) is 90.4. The van der Waals surface area contributed by atoms with E-state index in [1.165, 1.54) is 74.5 Å². The smallest absolute Gasteiger partial charge is 0.412 e. The fourth-order valence-corrected chi connectivity index (χ4v) is 21.3. The minimum atomic E-state index is -5.15. The Morgan fingerprint density at radius 1 is 0.747 bits per heavy atom. The average Bonchev–Trinajstić information content (AvgIpc) is 1.50. The number of ether oxygens (including phenoxy) is 1. The quantitative estimate of drug-likeness (QED) is 0.00487. The average molecular weight is 1180 g/mol. The van der Waals surface area contributed by atoms with Gasteiger partial charge >= 0.3 is 22.3 Å². The van der Waals surface area contributed by atoms with E-state index in [9.17, 15) is 9.59 Å². The summed E-state index contributed by atoms with van der Waals surface area (Å²) in [7, 11) is -2.11. The van der Waals surface area contributed by atoms with Crippen LogP contribution in [-0.4, -0.2) is 69.4 Å². The third kappa shape index (κ3) is 10.6. The molecule has 4 aliphatic rings. The summed E-state index contributed by atoms with van der Waals surface area (Å²) >= 11 is 2.33. The van der Waals surface area contributed by atoms with Gasteiger partial charge in [-0.3, -0.25) is 29.0 Å². The van der Waals surface area contributed by atoms with E-state index in [1.54, 1.807) is 23.0 Å². The number of aromatic amines is 1. The van der Waals surface area contributed by atoms with Gasteiger partial charge in [-0.2, -0.15) is 10.4 Å². The molecule has 2 amide bonds. The van der Waals surface area contributed by atoms with Crippen LogP contribution in [0.3, 0.4) is 0 Å². The fourth-order valence-electron chi connectivity index (χ4n) is 12.7. The third-order valence-corrected chi connectivity index (χ3v) is 24.2. The van der Waals surface area contributed by atoms with Gasteiger partial charge in [0.1, 0.15) is 5.54 Å². The van der Waals surface area contributed by atoms with Crippen molar-refractivity contribution in [3.8, 4) is 0 Å². The maximum Gasteiger partial charge on any atom is 0.412 e. The standard InChI is InChI=1S/C65H74N8O7S3/c1-4-5-6-7-8-9-10-11-12-13-14-15-31-42-55(74)70-73-54-44-43-53(45-46-81-63-67-59(75)60(76)69-71(63)2)83(73,72(79-3)57(54)61(73)77,64(78)80-58(48-32-21-16-22-33-48)49-34-23-17-24-35-49)56-47-82-62(66-56)68-65(50-36-25-18-26-37-50,51-38-27-19-28-39-51)52-40-29-20-30-41-52/h16-30,32-41,45-47,54,57-58H,4-15,31,42-44H2,1-3H3,(H2-,66,68,69,70,74,76)/p+1. The molecule has 5 aromatic carbocycles. The number of rotatable bonds is 28. The molecule has 7 aromatic rings. The first-order valence-electron chi connectivity index (χ1n) is 29.1. The number of quaternary nitrogens is 1. The van der Waals surface area contributed by atoms with E-state index in [2.05, 4.69) is 64.1 Å². The van der Waals surface area contributed by atoms with Gasteiger partial charge in [-0.25, -0.2) is 14.6 Å². The number of nitrogens with zero attached hydrogens (tertiary/aromatic N) is 5. The van der Waals surface area contributed by atoms with Crippen molar-refractivity contribution in [3.05, 3.63) is 217 Å². The Hall–Kier alpha value is -7.06. The molecule has 3 fully saturated rings. The van der Waals surface area contributed by atoms with E-state index in [1.807, 2.05) is 121 Å². The van der Waals surface area contributed by atoms with Gasteiger partial charge in [0.05, 0.1) is 16.2 Å². The number of carbonyl (C=O) groups is 3. The largest absolute Gasteiger partial charge is 0.441 e. The number of benzene rings is 5. The van der Waals surface area contributed by atoms with Crippen molar-refractivity contribution in [2.75, 3.05) is 12.4 Å². The zero-order chi connectivity index (χ0) is 57.9. The van der Waals surface area contributed by atoms with Crippen LogP contribution >= 0.6 is 32.2 Å². The number of thioether (sulfide) groups is 1. The number of aromatic nitrogens is 4. The Balaban J connectivity index is 1.14. The molecule has 3 atom stereocenters. The molecular weight excluding hydrogens is 1100 g/mol. The van der Waals surface area contributed by atoms with E-state index in [0.29, 0.717) is 34.0 Å². The van der Waals surface area contributed by atoms with Gasteiger partial charge in [0.15, 0.2) is 27.5 Å². The lowest BCUT2D eigenvalue weighted by molar-refractivity contribution is -0.815. The second kappa shape index (κ2) is 26.2. The van der Waals surface area contributed by atoms with Crippen LogP contribution in [0, 0.1) is 0 Å². The number of amides is 2. The molecule has 0 spiro atoms. The maximum absolute atomic E-state index is 17.4. The maximum atomic E-state index is 17.4. The van der Waals surface area contributed by atoms with Crippen molar-refractivity contribution in [1.82, 2.24) is 29.6 Å². The summed E-state index contributed by atoms with van der Waals surface area (Å²) in [6.45, 7) is 2.25. The van der Waals surface area contributed by atoms with Crippen LogP contribution in [0.25, 0.3) is 0 Å². The lowest BCUT2D eigenvalue weighted by atomic mass is 9.77. The molecule has 4 bridgehead atoms. The highest BCUT2D eigenvalue weighted by Crippen LogP contribution is 2.88. The van der Waals surface area contributed by atoms with Gasteiger partial charge in [0, 0.05) is 30.1 Å². The van der Waals surface area contributed by atoms with Gasteiger partial charge in [-0.1, -0.05) is 256 Å². The molecule has 0 radical (unpaired) electrons. The minimum absolute atomic E-state index is 0.120. The van der Waals surface area contributed by atoms with Gasteiger partial charge < -0.3 is 10.1 Å². The van der Waals surface area contributed by atoms with E-state index >= 15 is 14.4 Å². The highest BCUT2D eigenvalue weighted by molar-refractivity contribution is 8.53. The highest BCUT2D eigenvalue weighted by atomic mass is 32.3. The van der Waals surface area contributed by atoms with Crippen LogP contribution in [0.15, 0.2) is 188 Å². The number of carbonyl (C=O) groups excluding carboxylic acids is 3. The second-order valence-corrected chi connectivity index (χ2v) is 27.4. The van der Waals surface area contributed by atoms with Crippen LogP contribution in [0.1, 0.15) is 144 Å². The van der Waals surface area contributed by atoms with E-state index < -0.39 is 59.2 Å². The molecule has 434 valence electrons. The SMILES string of the molecule is CCCCCCCCCCCCCCCC(=O)N[N+]12C(=O)C3C1CCC(C=CSc1nc(=O)c(=O)[nH]n1C)=S2(C(=O)OC(c1ccccc1)c1ccccc1)(c1csc(NC(c2ccccc2)(c2ccccc2)c2ccccc2)n1)N3OC. The third-order valence-electron chi connectivity index (χ3n) is 16.6. The predicted octanol–water partition coefficient (Wildman–Crippen LogP) is 13.5. The summed E-state index contributed by atoms with van der Waals surface area (Å²) in [6.07, 6.45) is 16.4. The first kappa shape index (κ1) is 59.1. The van der Waals surface area contributed by atoms with Crippen LogP contribution in [0.2, 0.25) is 0 Å². The number of β-lactam (4-membered cyclic amide) rings is 1. The Morgan fingerprint density at radius 3 is 1.77 bits per heavy atom. The lowest BCUT2D eigenvalue weighted by Crippen LogP contribution is -2.80. The van der Waals surface area contributed by atoms with E-state index in [-0.39, 0.29) is 28.9 Å². The molecule has 2 aromatic heterocycles. The molecule has 4 aliphatic heterocycles. The number of allylic oxidation sites excluding steroid dienone is 1. The van der Waals surface area contributed by atoms with Gasteiger partial charge in [0.25, 0.3) is 5.91 Å². The van der Waals surface area contributed by atoms with Gasteiger partial charge in [-0.15, -0.1) is 11.3 Å². The van der Waals surface area contributed by atoms with Crippen molar-refractivity contribution >= 4 is 59.3 Å². The Bertz CT molecular complexity index is 3460. The number of aryl methyl sites for hydroxylation is 1. The molecule has 18 heteroatoms. The Labute approximate surface area is 494 Å². The molecule has 3 saturated heterocycles. The van der Waals surface area contributed by atoms with Crippen LogP contribution in [0.5, 0.6) is 0 Å². The molecule has 83 heavy (non-hydrogen) atoms. The number of anilines is 1. The fraction of sp³-hybridized carbons (Fsp3) is 0.354. The van der Waals surface area contributed by atoms with Crippen molar-refractivity contribution in [2.45, 2.75) is 144 Å². The van der Waals surface area contributed by atoms with E-state index in [4.69, 9.17) is 14.6 Å². The predicted molar refractivity (Wildman–Crippen MR) is 331 cm³/mol. The number of nitrogens with one attached hydrogen (secondary N) is 3. The molecule has 15 nitrogen and oxygen atoms in total. The topological polar surface area (TPSA) is 178 Å². The van der Waals surface area contributed by atoms with Crippen molar-refractivity contribution in [1.29, 1.82) is 0 Å². The van der Waals surface area contributed by atoms with Gasteiger partial charge in [0.2, 0.25) is 6.04 Å². The first-order chi connectivity index (χ1) is 40.5. The highest BCUT2D eigenvalue weighted by Gasteiger charge is 2.94. The summed E-state index contributed by atoms with van der Waals surface area (Å²) in [6, 6.07) is 47.7. The van der Waals surface area contributed by atoms with Crippen molar-refractivity contribution < 1.29 is 28.0 Å². The zero-order valence-corrected chi connectivity index (χ0v) is 50.0. The number of hydrogen-bond donors (Lipinski definition) is 3. The minimum Gasteiger partial charge on any atom is -0.441 e. The van der Waals surface area contributed by atoms with Crippen LogP contribution in [-0.2, 0) is 31.8 Å². The molecule has 3 N–H and O–H groups in total. The molecular formula is C65H75N8O7S3+. The van der Waals surface area contributed by atoms with E-state index in [0.717, 1.165) is 54.1 Å². The van der Waals surface area contributed by atoms with Crippen LogP contribution in [0.4, 0.5) is 9.93 Å². The van der Waals surface area contributed by atoms with Gasteiger partial charge in [-0.05, 0) is 52.1 Å². The lowest BCUT2D eigenvalue weighted by Gasteiger charge is -2.59. The number of hydroxylamine groups is 1. The Kier molecular flexibility index (Phi) is 18.7. The Morgan fingerprint density at radius 2 is 1.25 bits per heavy atom. The van der Waals surface area contributed by atoms with Crippen molar-refractivity contribution in [2.24, 2.45) is 7.05 Å². The summed E-state index contributed by atoms with van der Waals surface area (Å²) in [5, 5.41) is 9.95. The second-order valence-electron chi connectivity index (χ2n) is 21.6. The number of unbranched alkanes of at least 4 members (excludes halogenated alkanes) is 12. The molecule has 6 heterocycles. The normalized spacial score (nSPS) is 19.3. The van der Waals surface area contributed by atoms with Crippen LogP contribution < -0.4 is 21.9 Å². The monoisotopic (exact) mass is 1180 g/mol. The molecule has 11 rings (SSSR count). The zero-order valence-electron chi connectivity index (χ0n) is 47.5. The molecule has 0 aliphatic carbocycles. The summed E-state index contributed by atoms with van der Waals surface area (Å²) < 4.78 is 9.34. The number of H-pyrrole nitrogens is 1. The number of thiazole rings is 1. The molecule has 0 saturated carbocycles. The first-order valence-corrected chi connectivity index (χ1v) is 32.9. The summed E-state index contributed by atoms with van der Waals surface area (Å²) in [5.41, 5.74) is 4.60. The summed E-state index contributed by atoms with van der Waals surface area (Å²) in [5.74, 6) is -0.790.